The van der Waals surface area contributed by atoms with E-state index in [0.29, 0.717) is 12.1 Å². The van der Waals surface area contributed by atoms with Gasteiger partial charge in [0, 0.05) is 18.7 Å². The highest BCUT2D eigenvalue weighted by Gasteiger charge is 2.36. The molecule has 1 heterocycles. The SMILES string of the molecule is CC1(C)CC(NC(c2ccccc2)C2CC2)CCO1. The zero-order valence-electron chi connectivity index (χ0n) is 12.1. The lowest BCUT2D eigenvalue weighted by Gasteiger charge is -2.38. The Bertz CT molecular complexity index is 411. The molecular weight excluding hydrogens is 234 g/mol. The second kappa shape index (κ2) is 5.26. The van der Waals surface area contributed by atoms with Gasteiger partial charge in [0.1, 0.15) is 0 Å². The predicted molar refractivity (Wildman–Crippen MR) is 78.1 cm³/mol. The Morgan fingerprint density at radius 3 is 2.53 bits per heavy atom. The van der Waals surface area contributed by atoms with Crippen LogP contribution >= 0.6 is 0 Å². The third-order valence-electron chi connectivity index (χ3n) is 4.36. The number of hydrogen-bond acceptors (Lipinski definition) is 2. The first kappa shape index (κ1) is 13.1. The normalized spacial score (nSPS) is 28.0. The van der Waals surface area contributed by atoms with E-state index in [9.17, 15) is 0 Å². The second-order valence-corrected chi connectivity index (χ2v) is 6.69. The minimum Gasteiger partial charge on any atom is -0.375 e. The van der Waals surface area contributed by atoms with Gasteiger partial charge in [-0.05, 0) is 51.0 Å². The average Bonchev–Trinajstić information content (AvgIpc) is 3.20. The van der Waals surface area contributed by atoms with E-state index in [-0.39, 0.29) is 5.60 Å². The van der Waals surface area contributed by atoms with Crippen LogP contribution < -0.4 is 5.32 Å². The highest BCUT2D eigenvalue weighted by Crippen LogP contribution is 2.42. The van der Waals surface area contributed by atoms with Crippen molar-refractivity contribution in [2.75, 3.05) is 6.61 Å². The third-order valence-corrected chi connectivity index (χ3v) is 4.36. The first-order valence-electron chi connectivity index (χ1n) is 7.59. The van der Waals surface area contributed by atoms with E-state index in [1.807, 2.05) is 0 Å². The minimum atomic E-state index is 0.0285. The Morgan fingerprint density at radius 1 is 1.16 bits per heavy atom. The number of ether oxygens (including phenoxy) is 1. The maximum Gasteiger partial charge on any atom is 0.0641 e. The molecule has 1 aromatic carbocycles. The minimum absolute atomic E-state index is 0.0285. The van der Waals surface area contributed by atoms with Gasteiger partial charge in [0.2, 0.25) is 0 Å². The molecule has 2 atom stereocenters. The fourth-order valence-corrected chi connectivity index (χ4v) is 3.22. The van der Waals surface area contributed by atoms with Gasteiger partial charge in [0.15, 0.2) is 0 Å². The molecule has 1 saturated carbocycles. The van der Waals surface area contributed by atoms with Crippen molar-refractivity contribution in [2.24, 2.45) is 5.92 Å². The van der Waals surface area contributed by atoms with Crippen LogP contribution in [0.2, 0.25) is 0 Å². The molecule has 2 nitrogen and oxygen atoms in total. The molecule has 3 rings (SSSR count). The van der Waals surface area contributed by atoms with Gasteiger partial charge in [0.25, 0.3) is 0 Å². The van der Waals surface area contributed by atoms with Gasteiger partial charge < -0.3 is 10.1 Å². The van der Waals surface area contributed by atoms with Gasteiger partial charge in [-0.2, -0.15) is 0 Å². The number of rotatable bonds is 4. The van der Waals surface area contributed by atoms with Crippen molar-refractivity contribution in [3.05, 3.63) is 35.9 Å². The van der Waals surface area contributed by atoms with Crippen molar-refractivity contribution in [1.82, 2.24) is 5.32 Å². The number of nitrogens with one attached hydrogen (secondary N) is 1. The largest absolute Gasteiger partial charge is 0.375 e. The first-order valence-corrected chi connectivity index (χ1v) is 7.59. The van der Waals surface area contributed by atoms with Crippen LogP contribution in [0.25, 0.3) is 0 Å². The van der Waals surface area contributed by atoms with E-state index in [2.05, 4.69) is 49.5 Å². The maximum absolute atomic E-state index is 5.82. The molecule has 0 bridgehead atoms. The quantitative estimate of drug-likeness (QED) is 0.890. The second-order valence-electron chi connectivity index (χ2n) is 6.69. The molecule has 2 heteroatoms. The molecule has 0 spiro atoms. The smallest absolute Gasteiger partial charge is 0.0641 e. The monoisotopic (exact) mass is 259 g/mol. The van der Waals surface area contributed by atoms with E-state index in [0.717, 1.165) is 25.4 Å². The first-order chi connectivity index (χ1) is 9.14. The topological polar surface area (TPSA) is 21.3 Å². The lowest BCUT2D eigenvalue weighted by atomic mass is 9.92. The number of hydrogen-bond donors (Lipinski definition) is 1. The molecule has 1 saturated heterocycles. The fraction of sp³-hybridized carbons (Fsp3) is 0.647. The molecule has 0 aromatic heterocycles. The number of benzene rings is 1. The van der Waals surface area contributed by atoms with Gasteiger partial charge in [-0.25, -0.2) is 0 Å². The molecule has 0 radical (unpaired) electrons. The summed E-state index contributed by atoms with van der Waals surface area (Å²) in [4.78, 5) is 0. The fourth-order valence-electron chi connectivity index (χ4n) is 3.22. The Balaban J connectivity index is 1.69. The van der Waals surface area contributed by atoms with Gasteiger partial charge in [-0.1, -0.05) is 30.3 Å². The van der Waals surface area contributed by atoms with Crippen LogP contribution in [0.5, 0.6) is 0 Å². The third kappa shape index (κ3) is 3.37. The zero-order chi connectivity index (χ0) is 13.3. The van der Waals surface area contributed by atoms with Crippen molar-refractivity contribution in [1.29, 1.82) is 0 Å². The van der Waals surface area contributed by atoms with Crippen LogP contribution in [-0.4, -0.2) is 18.2 Å². The van der Waals surface area contributed by atoms with Gasteiger partial charge in [-0.3, -0.25) is 0 Å². The van der Waals surface area contributed by atoms with Gasteiger partial charge in [0.05, 0.1) is 5.60 Å². The van der Waals surface area contributed by atoms with Crippen LogP contribution in [0.4, 0.5) is 0 Å². The molecule has 1 aliphatic carbocycles. The molecule has 2 unspecified atom stereocenters. The molecule has 1 N–H and O–H groups in total. The van der Waals surface area contributed by atoms with Crippen LogP contribution in [-0.2, 0) is 4.74 Å². The highest BCUT2D eigenvalue weighted by molar-refractivity contribution is 5.21. The Hall–Kier alpha value is -0.860. The van der Waals surface area contributed by atoms with E-state index in [1.54, 1.807) is 0 Å². The Labute approximate surface area is 116 Å². The van der Waals surface area contributed by atoms with Crippen molar-refractivity contribution in [2.45, 2.75) is 57.2 Å². The van der Waals surface area contributed by atoms with Crippen molar-refractivity contribution >= 4 is 0 Å². The molecule has 19 heavy (non-hydrogen) atoms. The summed E-state index contributed by atoms with van der Waals surface area (Å²) >= 11 is 0. The molecule has 1 aromatic rings. The summed E-state index contributed by atoms with van der Waals surface area (Å²) in [6, 6.07) is 12.1. The summed E-state index contributed by atoms with van der Waals surface area (Å²) in [5, 5.41) is 3.91. The van der Waals surface area contributed by atoms with Crippen LogP contribution in [0, 0.1) is 5.92 Å². The zero-order valence-corrected chi connectivity index (χ0v) is 12.1. The summed E-state index contributed by atoms with van der Waals surface area (Å²) in [5.41, 5.74) is 1.48. The molecule has 0 amide bonds. The highest BCUT2D eigenvalue weighted by atomic mass is 16.5. The Morgan fingerprint density at radius 2 is 1.89 bits per heavy atom. The maximum atomic E-state index is 5.82. The lowest BCUT2D eigenvalue weighted by Crippen LogP contribution is -2.45. The summed E-state index contributed by atoms with van der Waals surface area (Å²) in [6.07, 6.45) is 5.00. The van der Waals surface area contributed by atoms with Crippen LogP contribution in [0.15, 0.2) is 30.3 Å². The Kier molecular flexibility index (Phi) is 3.64. The molecule has 2 fully saturated rings. The molecular formula is C17H25NO. The molecule has 2 aliphatic rings. The van der Waals surface area contributed by atoms with Gasteiger partial charge in [-0.15, -0.1) is 0 Å². The van der Waals surface area contributed by atoms with Crippen molar-refractivity contribution in [3.8, 4) is 0 Å². The summed E-state index contributed by atoms with van der Waals surface area (Å²) in [7, 11) is 0. The average molecular weight is 259 g/mol. The summed E-state index contributed by atoms with van der Waals surface area (Å²) < 4.78 is 5.82. The van der Waals surface area contributed by atoms with E-state index in [4.69, 9.17) is 4.74 Å². The van der Waals surface area contributed by atoms with E-state index < -0.39 is 0 Å². The molecule has 104 valence electrons. The predicted octanol–water partition coefficient (Wildman–Crippen LogP) is 3.68. The summed E-state index contributed by atoms with van der Waals surface area (Å²) in [6.45, 7) is 5.29. The standard InChI is InChI=1S/C17H25NO/c1-17(2)12-15(10-11-19-17)18-16(14-8-9-14)13-6-4-3-5-7-13/h3-7,14-16,18H,8-12H2,1-2H3. The van der Waals surface area contributed by atoms with Crippen molar-refractivity contribution in [3.63, 3.8) is 0 Å². The van der Waals surface area contributed by atoms with Crippen LogP contribution in [0.3, 0.4) is 0 Å². The summed E-state index contributed by atoms with van der Waals surface area (Å²) in [5.74, 6) is 0.841. The van der Waals surface area contributed by atoms with Gasteiger partial charge >= 0.3 is 0 Å². The van der Waals surface area contributed by atoms with Crippen LogP contribution in [0.1, 0.15) is 51.1 Å². The lowest BCUT2D eigenvalue weighted by molar-refractivity contribution is -0.0645. The molecule has 1 aliphatic heterocycles. The van der Waals surface area contributed by atoms with E-state index >= 15 is 0 Å². The van der Waals surface area contributed by atoms with E-state index in [1.165, 1.54) is 18.4 Å². The van der Waals surface area contributed by atoms with Crippen molar-refractivity contribution < 1.29 is 4.74 Å².